The predicted molar refractivity (Wildman–Crippen MR) is 68.2 cm³/mol. The molecule has 0 fully saturated rings. The minimum absolute atomic E-state index is 0.00370. The van der Waals surface area contributed by atoms with Crippen molar-refractivity contribution in [3.05, 3.63) is 33.3 Å². The molecule has 1 aromatic carbocycles. The summed E-state index contributed by atoms with van der Waals surface area (Å²) in [6.45, 7) is 1.98. The van der Waals surface area contributed by atoms with Gasteiger partial charge in [0.25, 0.3) is 0 Å². The van der Waals surface area contributed by atoms with Gasteiger partial charge in [-0.3, -0.25) is 14.9 Å². The Kier molecular flexibility index (Phi) is 4.91. The van der Waals surface area contributed by atoms with Crippen LogP contribution in [0.2, 0.25) is 5.02 Å². The van der Waals surface area contributed by atoms with E-state index in [4.69, 9.17) is 16.7 Å². The molecule has 98 valence electrons. The molecule has 0 saturated heterocycles. The number of carbonyl (C=O) groups is 1. The first-order valence-electron chi connectivity index (χ1n) is 5.37. The SMILES string of the molecule is CCCN(CC(=O)O)c1cccc(Cl)c1[N+](=O)[O-]. The van der Waals surface area contributed by atoms with E-state index in [9.17, 15) is 14.9 Å². The molecule has 0 saturated carbocycles. The van der Waals surface area contributed by atoms with E-state index in [1.54, 1.807) is 6.07 Å². The zero-order chi connectivity index (χ0) is 13.7. The van der Waals surface area contributed by atoms with Crippen LogP contribution in [0.25, 0.3) is 0 Å². The lowest BCUT2D eigenvalue weighted by molar-refractivity contribution is -0.384. The van der Waals surface area contributed by atoms with Crippen LogP contribution in [0, 0.1) is 10.1 Å². The summed E-state index contributed by atoms with van der Waals surface area (Å²) >= 11 is 5.79. The highest BCUT2D eigenvalue weighted by Crippen LogP contribution is 2.34. The maximum absolute atomic E-state index is 11.0. The summed E-state index contributed by atoms with van der Waals surface area (Å²) in [5.74, 6) is -1.04. The van der Waals surface area contributed by atoms with E-state index >= 15 is 0 Å². The van der Waals surface area contributed by atoms with Crippen molar-refractivity contribution in [3.8, 4) is 0 Å². The standard InChI is InChI=1S/C11H13ClN2O4/c1-2-6-13(7-10(15)16)9-5-3-4-8(12)11(9)14(17)18/h3-5H,2,6-7H2,1H3,(H,15,16). The van der Waals surface area contributed by atoms with Crippen LogP contribution in [-0.2, 0) is 4.79 Å². The molecule has 6 nitrogen and oxygen atoms in total. The molecule has 0 atom stereocenters. The van der Waals surface area contributed by atoms with E-state index in [0.29, 0.717) is 13.0 Å². The highest BCUT2D eigenvalue weighted by atomic mass is 35.5. The van der Waals surface area contributed by atoms with Crippen LogP contribution < -0.4 is 4.90 Å². The summed E-state index contributed by atoms with van der Waals surface area (Å²) in [5, 5.41) is 19.8. The molecule has 0 heterocycles. The Morgan fingerprint density at radius 3 is 2.72 bits per heavy atom. The van der Waals surface area contributed by atoms with Gasteiger partial charge in [-0.1, -0.05) is 24.6 Å². The van der Waals surface area contributed by atoms with E-state index in [1.807, 2.05) is 6.92 Å². The number of anilines is 1. The van der Waals surface area contributed by atoms with E-state index in [2.05, 4.69) is 0 Å². The minimum atomic E-state index is -1.04. The average Bonchev–Trinajstić information content (AvgIpc) is 2.27. The van der Waals surface area contributed by atoms with E-state index < -0.39 is 10.9 Å². The van der Waals surface area contributed by atoms with E-state index in [1.165, 1.54) is 17.0 Å². The maximum Gasteiger partial charge on any atom is 0.323 e. The average molecular weight is 273 g/mol. The Morgan fingerprint density at radius 2 is 2.22 bits per heavy atom. The molecule has 1 aromatic rings. The molecule has 7 heteroatoms. The molecule has 1 N–H and O–H groups in total. The van der Waals surface area contributed by atoms with Crippen LogP contribution in [-0.4, -0.2) is 29.1 Å². The molecule has 1 rings (SSSR count). The van der Waals surface area contributed by atoms with Gasteiger partial charge in [0.05, 0.1) is 4.92 Å². The summed E-state index contributed by atoms with van der Waals surface area (Å²) in [6, 6.07) is 4.48. The summed E-state index contributed by atoms with van der Waals surface area (Å²) in [5.41, 5.74) is -0.0226. The number of halogens is 1. The summed E-state index contributed by atoms with van der Waals surface area (Å²) < 4.78 is 0. The van der Waals surface area contributed by atoms with Gasteiger partial charge in [0, 0.05) is 6.54 Å². The summed E-state index contributed by atoms with van der Waals surface area (Å²) in [4.78, 5) is 22.6. The number of nitro groups is 1. The van der Waals surface area contributed by atoms with E-state index in [-0.39, 0.29) is 22.9 Å². The van der Waals surface area contributed by atoms with Crippen molar-refractivity contribution in [3.63, 3.8) is 0 Å². The Morgan fingerprint density at radius 1 is 1.56 bits per heavy atom. The summed E-state index contributed by atoms with van der Waals surface area (Å²) in [7, 11) is 0. The fraction of sp³-hybridized carbons (Fsp3) is 0.364. The number of rotatable bonds is 6. The Balaban J connectivity index is 3.22. The smallest absolute Gasteiger partial charge is 0.323 e. The number of para-hydroxylation sites is 1. The highest BCUT2D eigenvalue weighted by Gasteiger charge is 2.23. The Hall–Kier alpha value is -1.82. The summed E-state index contributed by atoms with van der Waals surface area (Å²) in [6.07, 6.45) is 0.678. The van der Waals surface area contributed by atoms with Crippen LogP contribution in [0.5, 0.6) is 0 Å². The van der Waals surface area contributed by atoms with Gasteiger partial charge >= 0.3 is 11.7 Å². The van der Waals surface area contributed by atoms with Gasteiger partial charge in [0.2, 0.25) is 0 Å². The van der Waals surface area contributed by atoms with Crippen LogP contribution in [0.1, 0.15) is 13.3 Å². The second-order valence-corrected chi connectivity index (χ2v) is 4.09. The van der Waals surface area contributed by atoms with Gasteiger partial charge < -0.3 is 10.0 Å². The van der Waals surface area contributed by atoms with Gasteiger partial charge in [-0.25, -0.2) is 0 Å². The molecule has 0 aliphatic heterocycles. The number of nitro benzene ring substituents is 1. The highest BCUT2D eigenvalue weighted by molar-refractivity contribution is 6.33. The second-order valence-electron chi connectivity index (χ2n) is 3.68. The quantitative estimate of drug-likeness (QED) is 0.635. The first-order chi connectivity index (χ1) is 8.47. The Labute approximate surface area is 109 Å². The molecule has 0 radical (unpaired) electrons. The molecule has 0 unspecified atom stereocenters. The van der Waals surface area contributed by atoms with E-state index in [0.717, 1.165) is 0 Å². The molecule has 0 aliphatic carbocycles. The molecule has 0 aromatic heterocycles. The van der Waals surface area contributed by atoms with Crippen molar-refractivity contribution in [2.45, 2.75) is 13.3 Å². The number of aliphatic carboxylic acids is 1. The van der Waals surface area contributed by atoms with Crippen molar-refractivity contribution in [1.29, 1.82) is 0 Å². The van der Waals surface area contributed by atoms with Gasteiger partial charge in [-0.2, -0.15) is 0 Å². The fourth-order valence-electron chi connectivity index (χ4n) is 1.66. The third-order valence-electron chi connectivity index (χ3n) is 2.31. The lowest BCUT2D eigenvalue weighted by Gasteiger charge is -2.22. The van der Waals surface area contributed by atoms with Crippen molar-refractivity contribution in [2.24, 2.45) is 0 Å². The van der Waals surface area contributed by atoms with Crippen molar-refractivity contribution in [1.82, 2.24) is 0 Å². The van der Waals surface area contributed by atoms with Crippen LogP contribution in [0.15, 0.2) is 18.2 Å². The van der Waals surface area contributed by atoms with Gasteiger partial charge in [-0.05, 0) is 18.6 Å². The normalized spacial score (nSPS) is 10.1. The van der Waals surface area contributed by atoms with Crippen molar-refractivity contribution >= 4 is 28.9 Å². The van der Waals surface area contributed by atoms with Gasteiger partial charge in [0.1, 0.15) is 17.3 Å². The van der Waals surface area contributed by atoms with Gasteiger partial charge in [-0.15, -0.1) is 0 Å². The third-order valence-corrected chi connectivity index (χ3v) is 2.61. The monoisotopic (exact) mass is 272 g/mol. The lowest BCUT2D eigenvalue weighted by atomic mass is 10.2. The predicted octanol–water partition coefficient (Wildman–Crippen LogP) is 2.55. The van der Waals surface area contributed by atoms with Crippen LogP contribution in [0.3, 0.4) is 0 Å². The molecule has 0 aliphatic rings. The van der Waals surface area contributed by atoms with Crippen LogP contribution in [0.4, 0.5) is 11.4 Å². The third kappa shape index (κ3) is 3.33. The molecule has 0 bridgehead atoms. The number of carboxylic acid groups (broad SMARTS) is 1. The zero-order valence-corrected chi connectivity index (χ0v) is 10.6. The first-order valence-corrected chi connectivity index (χ1v) is 5.74. The van der Waals surface area contributed by atoms with Crippen molar-refractivity contribution < 1.29 is 14.8 Å². The van der Waals surface area contributed by atoms with Crippen LogP contribution >= 0.6 is 11.6 Å². The molecule has 0 amide bonds. The topological polar surface area (TPSA) is 83.7 Å². The molecular formula is C11H13ClN2O4. The zero-order valence-electron chi connectivity index (χ0n) is 9.80. The number of hydrogen-bond acceptors (Lipinski definition) is 4. The number of carboxylic acids is 1. The fourth-order valence-corrected chi connectivity index (χ4v) is 1.90. The molecule has 0 spiro atoms. The molecular weight excluding hydrogens is 260 g/mol. The maximum atomic E-state index is 11.0. The van der Waals surface area contributed by atoms with Gasteiger partial charge in [0.15, 0.2) is 0 Å². The Bertz CT molecular complexity index is 464. The second kappa shape index (κ2) is 6.20. The number of nitrogens with zero attached hydrogens (tertiary/aromatic N) is 2. The van der Waals surface area contributed by atoms with Crippen molar-refractivity contribution in [2.75, 3.05) is 18.0 Å². The number of benzene rings is 1. The minimum Gasteiger partial charge on any atom is -0.480 e. The lowest BCUT2D eigenvalue weighted by Crippen LogP contribution is -2.30. The number of hydrogen-bond donors (Lipinski definition) is 1. The molecule has 18 heavy (non-hydrogen) atoms. The largest absolute Gasteiger partial charge is 0.480 e. The first kappa shape index (κ1) is 14.2.